The predicted octanol–water partition coefficient (Wildman–Crippen LogP) is 5.09. The third-order valence-corrected chi connectivity index (χ3v) is 11.2. The van der Waals surface area contributed by atoms with Gasteiger partial charge in [-0.25, -0.2) is 15.0 Å². The molecule has 3 saturated heterocycles. The minimum absolute atomic E-state index is 0.0237. The fraction of sp³-hybridized carbons (Fsp3) is 0.514. The molecule has 2 aliphatic carbocycles. The largest absolute Gasteiger partial charge is 0.433 e. The summed E-state index contributed by atoms with van der Waals surface area (Å²) < 4.78 is 47.3. The van der Waals surface area contributed by atoms with Crippen LogP contribution in [-0.2, 0) is 38.9 Å². The van der Waals surface area contributed by atoms with E-state index < -0.39 is 28.9 Å². The Morgan fingerprint density at radius 1 is 1.08 bits per heavy atom. The number of aliphatic imine (C=N–C) groups is 1. The molecule has 3 aromatic rings. The van der Waals surface area contributed by atoms with Gasteiger partial charge in [-0.3, -0.25) is 14.6 Å². The van der Waals surface area contributed by atoms with Crippen molar-refractivity contribution in [2.45, 2.75) is 95.5 Å². The molecule has 9 rings (SSSR count). The lowest BCUT2D eigenvalue weighted by molar-refractivity contribution is -0.141. The van der Waals surface area contributed by atoms with Crippen LogP contribution in [0.4, 0.5) is 18.9 Å². The lowest BCUT2D eigenvalue weighted by atomic mass is 9.71. The van der Waals surface area contributed by atoms with Crippen molar-refractivity contribution in [3.05, 3.63) is 70.1 Å². The molecule has 5 fully saturated rings. The number of pyridine rings is 1. The third kappa shape index (κ3) is 5.63. The summed E-state index contributed by atoms with van der Waals surface area (Å²) >= 11 is 0. The Morgan fingerprint density at radius 3 is 2.44 bits per heavy atom. The second-order valence-electron chi connectivity index (χ2n) is 14.9. The van der Waals surface area contributed by atoms with Crippen LogP contribution in [0.2, 0.25) is 0 Å². The number of ether oxygens (including phenoxy) is 1. The van der Waals surface area contributed by atoms with Gasteiger partial charge in [-0.1, -0.05) is 12.1 Å². The maximum atomic E-state index is 13.8. The molecule has 1 spiro atoms. The second kappa shape index (κ2) is 11.6. The number of carbonyl (C=O) groups excluding carboxylic acids is 2. The Hall–Kier alpha value is -4.39. The van der Waals surface area contributed by atoms with Crippen LogP contribution in [0.5, 0.6) is 0 Å². The normalized spacial score (nSPS) is 27.4. The van der Waals surface area contributed by atoms with Crippen LogP contribution in [0.15, 0.2) is 35.3 Å². The van der Waals surface area contributed by atoms with E-state index in [1.165, 1.54) is 24.5 Å². The minimum Gasteiger partial charge on any atom is -0.369 e. The van der Waals surface area contributed by atoms with Crippen molar-refractivity contribution in [3.8, 4) is 11.1 Å². The highest BCUT2D eigenvalue weighted by atomic mass is 19.4. The summed E-state index contributed by atoms with van der Waals surface area (Å²) in [4.78, 5) is 45.9. The molecule has 1 aromatic carbocycles. The molecule has 2 aromatic heterocycles. The van der Waals surface area contributed by atoms with Gasteiger partial charge < -0.3 is 20.7 Å². The van der Waals surface area contributed by atoms with Gasteiger partial charge in [-0.05, 0) is 100 Å². The number of carbonyl (C=O) groups is 2. The number of nitrogens with two attached hydrogens (primary N) is 1. The number of benzene rings is 1. The fourth-order valence-corrected chi connectivity index (χ4v) is 8.57. The summed E-state index contributed by atoms with van der Waals surface area (Å²) in [5, 5.41) is 2.94. The molecule has 10 nitrogen and oxygen atoms in total. The lowest BCUT2D eigenvalue weighted by Crippen LogP contribution is -2.53. The van der Waals surface area contributed by atoms with Crippen molar-refractivity contribution in [1.29, 1.82) is 0 Å². The molecule has 4 aliphatic heterocycles. The molecule has 2 saturated carbocycles. The van der Waals surface area contributed by atoms with Crippen LogP contribution >= 0.6 is 0 Å². The first-order valence-corrected chi connectivity index (χ1v) is 17.4. The highest BCUT2D eigenvalue weighted by Crippen LogP contribution is 2.56. The number of aryl methyl sites for hydroxylation is 2. The zero-order chi connectivity index (χ0) is 35.2. The van der Waals surface area contributed by atoms with Gasteiger partial charge in [-0.15, -0.1) is 0 Å². The van der Waals surface area contributed by atoms with Crippen LogP contribution in [-0.4, -0.2) is 57.3 Å². The molecule has 2 atom stereocenters. The molecule has 3 N–H and O–H groups in total. The molecule has 0 radical (unpaired) electrons. The molecule has 262 valence electrons. The van der Waals surface area contributed by atoms with Gasteiger partial charge in [-0.2, -0.15) is 13.2 Å². The van der Waals surface area contributed by atoms with E-state index in [1.807, 2.05) is 13.8 Å². The molecule has 50 heavy (non-hydrogen) atoms. The Morgan fingerprint density at radius 2 is 1.82 bits per heavy atom. The molecule has 0 unspecified atom stereocenters. The minimum atomic E-state index is -4.61. The lowest BCUT2D eigenvalue weighted by Gasteiger charge is -2.43. The van der Waals surface area contributed by atoms with Gasteiger partial charge in [0.25, 0.3) is 5.91 Å². The number of piperidine rings is 1. The third-order valence-electron chi connectivity index (χ3n) is 11.2. The Kier molecular flexibility index (Phi) is 7.59. The summed E-state index contributed by atoms with van der Waals surface area (Å²) in [6.07, 6.45) is 0.843. The van der Waals surface area contributed by atoms with Crippen LogP contribution < -0.4 is 16.0 Å². The number of nitrogens with zero attached hydrogens (tertiary/aromatic N) is 5. The number of amidine groups is 1. The van der Waals surface area contributed by atoms with Gasteiger partial charge in [0, 0.05) is 47.2 Å². The van der Waals surface area contributed by atoms with Gasteiger partial charge in [0.1, 0.15) is 28.5 Å². The van der Waals surface area contributed by atoms with E-state index in [-0.39, 0.29) is 29.9 Å². The van der Waals surface area contributed by atoms with E-state index in [2.05, 4.69) is 50.3 Å². The number of halogens is 3. The summed E-state index contributed by atoms with van der Waals surface area (Å²) in [5.74, 6) is 0.899. The number of hydrogen-bond donors (Lipinski definition) is 2. The average Bonchev–Trinajstić information content (AvgIpc) is 3.45. The molecule has 2 bridgehead atoms. The van der Waals surface area contributed by atoms with Crippen molar-refractivity contribution in [2.75, 3.05) is 18.1 Å². The van der Waals surface area contributed by atoms with Crippen LogP contribution in [0, 0.1) is 25.7 Å². The Balaban J connectivity index is 1.11. The molecular formula is C37H40F3N7O3. The number of anilines is 1. The smallest absolute Gasteiger partial charge is 0.369 e. The van der Waals surface area contributed by atoms with Gasteiger partial charge in [0.2, 0.25) is 5.91 Å². The first-order chi connectivity index (χ1) is 23.7. The Labute approximate surface area is 288 Å². The number of fused-ring (bicyclic) bond motifs is 1. The van der Waals surface area contributed by atoms with Gasteiger partial charge >= 0.3 is 6.18 Å². The number of alkyl halides is 3. The number of primary amides is 1. The highest BCUT2D eigenvalue weighted by Gasteiger charge is 2.57. The van der Waals surface area contributed by atoms with Gasteiger partial charge in [0.05, 0.1) is 18.7 Å². The van der Waals surface area contributed by atoms with E-state index in [9.17, 15) is 22.8 Å². The van der Waals surface area contributed by atoms with Gasteiger partial charge in [0.15, 0.2) is 0 Å². The van der Waals surface area contributed by atoms with Crippen LogP contribution in [0.25, 0.3) is 11.1 Å². The SMILES string of the molecule is Cc1nc(CC(N)=O)nc(C)c1-c1ccc(CC2CC2)c(N2CC[C@]3(C[C@@H]2C)N=C(c2ccc(C(F)(F)F)nc2C24CC(CO2)C4)NC3=O)c1. The second-order valence-corrected chi connectivity index (χ2v) is 14.9. The van der Waals surface area contributed by atoms with Crippen molar-refractivity contribution >= 4 is 23.3 Å². The van der Waals surface area contributed by atoms with E-state index >= 15 is 0 Å². The number of rotatable bonds is 8. The predicted molar refractivity (Wildman–Crippen MR) is 179 cm³/mol. The van der Waals surface area contributed by atoms with E-state index in [0.717, 1.165) is 40.7 Å². The van der Waals surface area contributed by atoms with E-state index in [1.54, 1.807) is 0 Å². The maximum absolute atomic E-state index is 13.8. The average molecular weight is 688 g/mol. The zero-order valence-electron chi connectivity index (χ0n) is 28.4. The number of aromatic nitrogens is 3. The first-order valence-electron chi connectivity index (χ1n) is 17.4. The molecule has 13 heteroatoms. The molecular weight excluding hydrogens is 647 g/mol. The monoisotopic (exact) mass is 687 g/mol. The number of amides is 2. The number of hydrogen-bond acceptors (Lipinski definition) is 8. The topological polar surface area (TPSA) is 136 Å². The van der Waals surface area contributed by atoms with E-state index in [0.29, 0.717) is 62.1 Å². The summed E-state index contributed by atoms with van der Waals surface area (Å²) in [7, 11) is 0. The number of nitrogens with one attached hydrogen (secondary N) is 1. The fourth-order valence-electron chi connectivity index (χ4n) is 8.57. The van der Waals surface area contributed by atoms with Crippen molar-refractivity contribution in [3.63, 3.8) is 0 Å². The summed E-state index contributed by atoms with van der Waals surface area (Å²) in [6, 6.07) is 8.75. The van der Waals surface area contributed by atoms with Crippen LogP contribution in [0.1, 0.15) is 85.2 Å². The highest BCUT2D eigenvalue weighted by molar-refractivity contribution is 6.16. The zero-order valence-corrected chi connectivity index (χ0v) is 28.4. The molecule has 6 heterocycles. The Bertz CT molecular complexity index is 1920. The standard InChI is InChI=1S/C37H40F3N7O3/c1-19-15-35(34(49)45-33(46-35)26-8-9-28(37(38,39)40)44-32(26)36-16-23(17-36)18-50-36)10-11-47(19)27-13-25(7-6-24(27)12-22-4-5-22)31-20(2)42-30(14-29(41)48)43-21(31)3/h6-9,13,19,22-23H,4-5,10-12,14-18H2,1-3H3,(H2,41,48)(H,45,46,49)/t19-,23?,35+,36?/m0/s1. The van der Waals surface area contributed by atoms with E-state index in [4.69, 9.17) is 15.5 Å². The quantitative estimate of drug-likeness (QED) is 0.337. The molecule has 2 amide bonds. The first kappa shape index (κ1) is 32.8. The van der Waals surface area contributed by atoms with Crippen molar-refractivity contribution < 1.29 is 27.5 Å². The van der Waals surface area contributed by atoms with Crippen LogP contribution in [0.3, 0.4) is 0 Å². The summed E-state index contributed by atoms with van der Waals surface area (Å²) in [6.45, 7) is 6.97. The maximum Gasteiger partial charge on any atom is 0.433 e. The van der Waals surface area contributed by atoms with Crippen molar-refractivity contribution in [2.24, 2.45) is 22.6 Å². The molecule has 6 aliphatic rings. The summed E-state index contributed by atoms with van der Waals surface area (Å²) in [5.41, 5.74) is 8.86. The van der Waals surface area contributed by atoms with Crippen molar-refractivity contribution in [1.82, 2.24) is 20.3 Å².